The number of hydrogen-bond acceptors (Lipinski definition) is 3. The SMILES string of the molecule is CC(C)c1cc(-c2ccc(-c3ccccc3)cc2)cc(C(C)C)c1-n1c(-c2[c-]c(N(c3[c-]c4c(cc3)c3ccccc3n4-c3ccccn3)c3ccccc3-c3ccccc3)ccc2)nc2ccccc21.[Pt+2]. The van der Waals surface area contributed by atoms with Crippen LogP contribution in [0.15, 0.2) is 225 Å². The van der Waals surface area contributed by atoms with Gasteiger partial charge in [0.1, 0.15) is 5.82 Å². The zero-order valence-corrected chi connectivity index (χ0v) is 42.8. The van der Waals surface area contributed by atoms with Crippen molar-refractivity contribution in [2.24, 2.45) is 0 Å². The summed E-state index contributed by atoms with van der Waals surface area (Å²) in [7, 11) is 0. The summed E-state index contributed by atoms with van der Waals surface area (Å²) < 4.78 is 4.63. The van der Waals surface area contributed by atoms with Crippen LogP contribution in [0.25, 0.3) is 89.1 Å². The second kappa shape index (κ2) is 19.6. The number of anilines is 3. The van der Waals surface area contributed by atoms with Gasteiger partial charge in [0.05, 0.1) is 22.5 Å². The minimum atomic E-state index is 0. The van der Waals surface area contributed by atoms with Gasteiger partial charge in [0.25, 0.3) is 0 Å². The third-order valence-corrected chi connectivity index (χ3v) is 13.7. The molecule has 0 radical (unpaired) electrons. The first-order chi connectivity index (χ1) is 34.9. The van der Waals surface area contributed by atoms with Crippen LogP contribution in [0.4, 0.5) is 17.1 Å². The van der Waals surface area contributed by atoms with Crippen molar-refractivity contribution < 1.29 is 21.1 Å². The fraction of sp³-hybridized carbons (Fsp3) is 0.0909. The van der Waals surface area contributed by atoms with Gasteiger partial charge in [-0.1, -0.05) is 178 Å². The van der Waals surface area contributed by atoms with Crippen molar-refractivity contribution in [2.75, 3.05) is 4.90 Å². The van der Waals surface area contributed by atoms with Crippen molar-refractivity contribution in [1.82, 2.24) is 19.1 Å². The van der Waals surface area contributed by atoms with Crippen LogP contribution < -0.4 is 4.90 Å². The third kappa shape index (κ3) is 8.34. The predicted octanol–water partition coefficient (Wildman–Crippen LogP) is 17.5. The Hall–Kier alpha value is -8.11. The van der Waals surface area contributed by atoms with Gasteiger partial charge in [0, 0.05) is 23.0 Å². The largest absolute Gasteiger partial charge is 2.00 e. The fourth-order valence-electron chi connectivity index (χ4n) is 10.3. The Kier molecular flexibility index (Phi) is 12.6. The maximum absolute atomic E-state index is 5.50. The van der Waals surface area contributed by atoms with Crippen molar-refractivity contribution >= 4 is 49.9 Å². The molecule has 72 heavy (non-hydrogen) atoms. The fourth-order valence-corrected chi connectivity index (χ4v) is 10.3. The van der Waals surface area contributed by atoms with Gasteiger partial charge in [-0.2, -0.15) is 6.07 Å². The Morgan fingerprint density at radius 2 is 1.06 bits per heavy atom. The standard InChI is InChI=1S/C66H51N5.Pt/c1-44(2)57-41-51(48-35-33-47(34-36-48)46-20-7-5-8-21-46)42-58(45(3)4)65(57)71-62-31-16-13-28-59(62)68-66(71)50-24-19-25-52(40-50)69(60-29-14-11-26-54(60)49-22-9-6-10-23-49)53-37-38-56-55-27-12-15-30-61(55)70(63(56)43-53)64-32-17-18-39-67-64;/h5-39,41-42,44-45H,1-4H3;/q-2;+2. The van der Waals surface area contributed by atoms with Crippen molar-refractivity contribution in [3.63, 3.8) is 0 Å². The third-order valence-electron chi connectivity index (χ3n) is 13.7. The van der Waals surface area contributed by atoms with E-state index >= 15 is 0 Å². The average Bonchev–Trinajstić information content (AvgIpc) is 3.97. The molecule has 9 aromatic carbocycles. The van der Waals surface area contributed by atoms with E-state index in [0.717, 1.165) is 78.2 Å². The van der Waals surface area contributed by atoms with Crippen molar-refractivity contribution in [1.29, 1.82) is 0 Å². The molecule has 0 aliphatic rings. The molecule has 5 nitrogen and oxygen atoms in total. The van der Waals surface area contributed by atoms with E-state index in [2.05, 4.69) is 260 Å². The van der Waals surface area contributed by atoms with Gasteiger partial charge in [-0.3, -0.25) is 4.98 Å². The average molecular weight is 1110 g/mol. The van der Waals surface area contributed by atoms with Crippen molar-refractivity contribution in [2.45, 2.75) is 39.5 Å². The Balaban J connectivity index is 0.00000560. The number of fused-ring (bicyclic) bond motifs is 4. The summed E-state index contributed by atoms with van der Waals surface area (Å²) in [5.41, 5.74) is 18.4. The van der Waals surface area contributed by atoms with Gasteiger partial charge in [-0.25, -0.2) is 4.98 Å². The summed E-state index contributed by atoms with van der Waals surface area (Å²) in [4.78, 5) is 12.6. The molecule has 0 unspecified atom stereocenters. The number of para-hydroxylation sites is 4. The molecular formula is C66H51N5Pt. The van der Waals surface area contributed by atoms with Crippen LogP contribution in [0.3, 0.4) is 0 Å². The summed E-state index contributed by atoms with van der Waals surface area (Å²) in [6.45, 7) is 9.22. The van der Waals surface area contributed by atoms with E-state index in [0.29, 0.717) is 0 Å². The molecule has 12 rings (SSSR count). The van der Waals surface area contributed by atoms with Crippen molar-refractivity contribution in [3.8, 4) is 56.3 Å². The maximum atomic E-state index is 5.50. The first kappa shape index (κ1) is 46.3. The summed E-state index contributed by atoms with van der Waals surface area (Å²) >= 11 is 0. The van der Waals surface area contributed by atoms with Gasteiger partial charge in [0.2, 0.25) is 0 Å². The molecule has 0 bridgehead atoms. The number of benzene rings is 9. The molecule has 0 N–H and O–H groups in total. The van der Waals surface area contributed by atoms with E-state index < -0.39 is 0 Å². The van der Waals surface area contributed by atoms with E-state index in [9.17, 15) is 0 Å². The molecule has 0 aliphatic carbocycles. The number of hydrogen-bond donors (Lipinski definition) is 0. The number of rotatable bonds is 11. The van der Waals surface area contributed by atoms with Gasteiger partial charge in [-0.05, 0) is 110 Å². The number of imidazole rings is 1. The van der Waals surface area contributed by atoms with Crippen LogP contribution in [0.5, 0.6) is 0 Å². The van der Waals surface area contributed by atoms with Crippen LogP contribution in [-0.4, -0.2) is 19.1 Å². The van der Waals surface area contributed by atoms with Crippen LogP contribution in [0.1, 0.15) is 50.7 Å². The molecule has 0 spiro atoms. The second-order valence-corrected chi connectivity index (χ2v) is 18.8. The number of aromatic nitrogens is 4. The molecule has 3 heterocycles. The van der Waals surface area contributed by atoms with Crippen LogP contribution >= 0.6 is 0 Å². The van der Waals surface area contributed by atoms with Gasteiger partial charge < -0.3 is 14.0 Å². The molecule has 0 saturated heterocycles. The molecule has 6 heteroatoms. The van der Waals surface area contributed by atoms with Crippen LogP contribution in [0.2, 0.25) is 0 Å². The Bertz CT molecular complexity index is 3840. The molecule has 12 aromatic rings. The topological polar surface area (TPSA) is 38.9 Å². The first-order valence-corrected chi connectivity index (χ1v) is 24.6. The number of pyridine rings is 1. The molecule has 3 aromatic heterocycles. The second-order valence-electron chi connectivity index (χ2n) is 18.8. The van der Waals surface area contributed by atoms with Crippen molar-refractivity contribution in [3.05, 3.63) is 248 Å². The summed E-state index contributed by atoms with van der Waals surface area (Å²) in [5.74, 6) is 2.11. The van der Waals surface area contributed by atoms with E-state index in [1.54, 1.807) is 0 Å². The molecule has 0 atom stereocenters. The molecule has 0 saturated carbocycles. The Labute approximate surface area is 436 Å². The zero-order chi connectivity index (χ0) is 48.0. The molecular weight excluding hydrogens is 1060 g/mol. The normalized spacial score (nSPS) is 11.5. The van der Waals surface area contributed by atoms with E-state index in [1.807, 2.05) is 18.3 Å². The first-order valence-electron chi connectivity index (χ1n) is 24.6. The smallest absolute Gasteiger partial charge is 0.352 e. The van der Waals surface area contributed by atoms with Crippen LogP contribution in [0, 0.1) is 12.1 Å². The number of nitrogens with zero attached hydrogens (tertiary/aromatic N) is 5. The van der Waals surface area contributed by atoms with Gasteiger partial charge in [-0.15, -0.1) is 47.3 Å². The van der Waals surface area contributed by atoms with Crippen LogP contribution in [-0.2, 0) is 21.1 Å². The van der Waals surface area contributed by atoms with Gasteiger partial charge in [0.15, 0.2) is 0 Å². The predicted molar refractivity (Wildman–Crippen MR) is 295 cm³/mol. The minimum Gasteiger partial charge on any atom is -0.352 e. The summed E-state index contributed by atoms with van der Waals surface area (Å²) in [6.07, 6.45) is 1.85. The zero-order valence-electron chi connectivity index (χ0n) is 40.6. The summed E-state index contributed by atoms with van der Waals surface area (Å²) in [6, 6.07) is 85.6. The van der Waals surface area contributed by atoms with Gasteiger partial charge >= 0.3 is 21.1 Å². The van der Waals surface area contributed by atoms with E-state index in [-0.39, 0.29) is 32.9 Å². The molecule has 0 aliphatic heterocycles. The Morgan fingerprint density at radius 1 is 0.458 bits per heavy atom. The maximum Gasteiger partial charge on any atom is 2.00 e. The quantitative estimate of drug-likeness (QED) is 0.121. The van der Waals surface area contributed by atoms with E-state index in [4.69, 9.17) is 9.97 Å². The summed E-state index contributed by atoms with van der Waals surface area (Å²) in [5, 5.41) is 2.25. The minimum absolute atomic E-state index is 0. The Morgan fingerprint density at radius 3 is 1.76 bits per heavy atom. The molecule has 0 fully saturated rings. The molecule has 0 amide bonds. The monoisotopic (exact) mass is 1110 g/mol. The van der Waals surface area contributed by atoms with E-state index in [1.165, 1.54) is 39.1 Å². The molecule has 350 valence electrons.